The number of hydrogen-bond acceptors (Lipinski definition) is 11. The van der Waals surface area contributed by atoms with Crippen LogP contribution in [0.5, 0.6) is 0 Å². The molecular weight excluding hydrogens is 981 g/mol. The van der Waals surface area contributed by atoms with E-state index in [0.717, 1.165) is 55.5 Å². The Labute approximate surface area is 443 Å². The fourth-order valence-corrected chi connectivity index (χ4v) is 9.24. The minimum absolute atomic E-state index is 0.142. The Morgan fingerprint density at radius 1 is 0.592 bits per heavy atom. The van der Waals surface area contributed by atoms with Crippen LogP contribution in [0.2, 0.25) is 0 Å². The molecule has 2 aromatic carbocycles. The lowest BCUT2D eigenvalue weighted by Crippen LogP contribution is -2.53. The second-order valence-corrected chi connectivity index (χ2v) is 19.3. The van der Waals surface area contributed by atoms with Crippen molar-refractivity contribution in [1.29, 1.82) is 10.8 Å². The summed E-state index contributed by atoms with van der Waals surface area (Å²) in [6.07, 6.45) is 9.51. The Balaban J connectivity index is 0.000000354. The normalized spacial score (nSPS) is 17.9. The lowest BCUT2D eigenvalue weighted by molar-refractivity contribution is -0.132. The first-order chi connectivity index (χ1) is 36.6. The Kier molecular flexibility index (Phi) is 22.0. The molecule has 4 heterocycles. The Morgan fingerprint density at radius 2 is 1.00 bits per heavy atom. The van der Waals surface area contributed by atoms with Crippen LogP contribution in [0.4, 0.5) is 35.3 Å². The average Bonchev–Trinajstić information content (AvgIpc) is 3.83. The summed E-state index contributed by atoms with van der Waals surface area (Å²) < 4.78 is 13.8. The smallest absolute Gasteiger partial charge is 0.410 e. The monoisotopic (exact) mass is 1060 g/mol. The van der Waals surface area contributed by atoms with Gasteiger partial charge in [-0.05, 0) is 93.7 Å². The number of aryl methyl sites for hydroxylation is 2. The largest absolute Gasteiger partial charge is 0.465 e. The fraction of sp³-hybridized carbons (Fsp3) is 0.549. The van der Waals surface area contributed by atoms with E-state index in [1.807, 2.05) is 43.7 Å². The van der Waals surface area contributed by atoms with Crippen molar-refractivity contribution < 1.29 is 43.3 Å². The van der Waals surface area contributed by atoms with Crippen LogP contribution >= 0.6 is 0 Å². The first-order valence-corrected chi connectivity index (χ1v) is 26.2. The van der Waals surface area contributed by atoms with Gasteiger partial charge in [-0.3, -0.25) is 15.6 Å². The molecule has 8 amide bonds. The fourth-order valence-electron chi connectivity index (χ4n) is 9.24. The third-order valence-corrected chi connectivity index (χ3v) is 13.6. The quantitative estimate of drug-likeness (QED) is 0.0606. The number of aromatic nitrogens is 2. The van der Waals surface area contributed by atoms with Gasteiger partial charge in [0.2, 0.25) is 5.91 Å². The molecule has 76 heavy (non-hydrogen) atoms. The van der Waals surface area contributed by atoms with E-state index in [2.05, 4.69) is 30.8 Å². The number of hydrogen-bond donors (Lipinski definition) is 9. The van der Waals surface area contributed by atoms with Gasteiger partial charge in [-0.2, -0.15) is 0 Å². The molecule has 4 aliphatic rings. The number of nitrogens with two attached hydrogens (primary N) is 2. The number of anilines is 2. The van der Waals surface area contributed by atoms with Crippen LogP contribution in [0, 0.1) is 17.7 Å². The van der Waals surface area contributed by atoms with E-state index in [0.29, 0.717) is 135 Å². The predicted molar refractivity (Wildman–Crippen MR) is 285 cm³/mol. The van der Waals surface area contributed by atoms with Gasteiger partial charge in [0.1, 0.15) is 12.2 Å². The molecule has 4 fully saturated rings. The maximum atomic E-state index is 13.0. The SMILES string of the molecule is Cc1cn(CCCCCC(=O)N2CCN(C(=O)O)CC2)cn1.N=C(N)Nc1ccc(CNC(=O)N2CCN(C(=O)O[C@H]3CCC[C@@H](OC(=O)N4CCN(C(=O)NCc5ccc(NC(=N)N)cc5)CC4)CCC3)CC2)cc1. The molecular formula is C51H76N16O9. The second kappa shape index (κ2) is 29.2. The van der Waals surface area contributed by atoms with E-state index in [1.165, 1.54) is 4.90 Å². The van der Waals surface area contributed by atoms with Crippen LogP contribution in [0.3, 0.4) is 0 Å². The van der Waals surface area contributed by atoms with E-state index in [4.69, 9.17) is 36.9 Å². The highest BCUT2D eigenvalue weighted by Crippen LogP contribution is 2.24. The molecule has 7 rings (SSSR count). The van der Waals surface area contributed by atoms with Gasteiger partial charge in [-0.1, -0.05) is 30.7 Å². The molecule has 0 spiro atoms. The maximum absolute atomic E-state index is 13.0. The number of benzene rings is 2. The molecule has 25 nitrogen and oxygen atoms in total. The van der Waals surface area contributed by atoms with Crippen LogP contribution in [0.1, 0.15) is 81.0 Å². The lowest BCUT2D eigenvalue weighted by Gasteiger charge is -2.36. The van der Waals surface area contributed by atoms with E-state index >= 15 is 0 Å². The predicted octanol–water partition coefficient (Wildman–Crippen LogP) is 4.59. The third-order valence-electron chi connectivity index (χ3n) is 13.6. The van der Waals surface area contributed by atoms with Crippen LogP contribution < -0.4 is 32.7 Å². The third kappa shape index (κ3) is 19.1. The number of imidazole rings is 1. The molecule has 0 bridgehead atoms. The van der Waals surface area contributed by atoms with Gasteiger partial charge in [0, 0.05) is 122 Å². The number of unbranched alkanes of at least 4 members (excludes halogenated alkanes) is 2. The topological polar surface area (TPSA) is 326 Å². The first kappa shape index (κ1) is 57.3. The molecule has 414 valence electrons. The molecule has 0 unspecified atom stereocenters. The van der Waals surface area contributed by atoms with Crippen molar-refractivity contribution in [2.45, 2.75) is 103 Å². The molecule has 3 saturated heterocycles. The highest BCUT2D eigenvalue weighted by Gasteiger charge is 2.30. The van der Waals surface area contributed by atoms with Crippen LogP contribution in [-0.4, -0.2) is 183 Å². The van der Waals surface area contributed by atoms with Gasteiger partial charge >= 0.3 is 30.3 Å². The van der Waals surface area contributed by atoms with Crippen molar-refractivity contribution in [3.63, 3.8) is 0 Å². The van der Waals surface area contributed by atoms with Crippen molar-refractivity contribution in [1.82, 2.24) is 49.6 Å². The number of carbonyl (C=O) groups is 6. The zero-order chi connectivity index (χ0) is 54.4. The van der Waals surface area contributed by atoms with Gasteiger partial charge in [0.25, 0.3) is 0 Å². The zero-order valence-corrected chi connectivity index (χ0v) is 43.6. The van der Waals surface area contributed by atoms with Gasteiger partial charge in [0.05, 0.1) is 12.0 Å². The second-order valence-electron chi connectivity index (χ2n) is 19.3. The standard InChI is InChI=1S/C36H52N12O6.C15H24N4O3/c37-31(38)43-27-11-7-25(8-12-27)23-41-33(49)45-15-19-47(20-16-45)35(51)53-29-3-1-4-30(6-2-5-29)54-36(52)48-21-17-46(18-22-48)34(50)42-24-26-9-13-28(14-10-26)44-32(39)40;1-13-11-17(12-16-13)6-4-2-3-5-14(20)18-7-9-19(10-8-18)15(21)22/h7-14,29-30H,1-6,15-24H2,(H,41,49)(H,42,50)(H4,37,38,43)(H4,39,40,44);11-12H,2-10H2,1H3,(H,21,22)/t29-,30+;. The summed E-state index contributed by atoms with van der Waals surface area (Å²) in [5.74, 6) is -0.148. The molecule has 1 aliphatic carbocycles. The van der Waals surface area contributed by atoms with Gasteiger partial charge < -0.3 is 81.3 Å². The summed E-state index contributed by atoms with van der Waals surface area (Å²) in [4.78, 5) is 88.3. The molecule has 0 radical (unpaired) electrons. The van der Waals surface area contributed by atoms with Crippen molar-refractivity contribution in [2.24, 2.45) is 11.5 Å². The Morgan fingerprint density at radius 3 is 1.39 bits per heavy atom. The summed E-state index contributed by atoms with van der Waals surface area (Å²) in [5, 5.41) is 34.7. The van der Waals surface area contributed by atoms with E-state index in [-0.39, 0.29) is 54.3 Å². The average molecular weight is 1060 g/mol. The van der Waals surface area contributed by atoms with Crippen molar-refractivity contribution in [3.05, 3.63) is 77.9 Å². The minimum atomic E-state index is -0.901. The molecule has 1 saturated carbocycles. The van der Waals surface area contributed by atoms with Crippen molar-refractivity contribution in [3.8, 4) is 0 Å². The van der Waals surface area contributed by atoms with Gasteiger partial charge in [-0.15, -0.1) is 0 Å². The molecule has 11 N–H and O–H groups in total. The summed E-state index contributed by atoms with van der Waals surface area (Å²) in [5.41, 5.74) is 14.9. The van der Waals surface area contributed by atoms with Crippen molar-refractivity contribution >= 4 is 59.5 Å². The molecule has 3 aliphatic heterocycles. The summed E-state index contributed by atoms with van der Waals surface area (Å²) in [6, 6.07) is 14.1. The Bertz CT molecular complexity index is 2270. The number of carboxylic acid groups (broad SMARTS) is 1. The number of nitrogens with one attached hydrogen (secondary N) is 6. The highest BCUT2D eigenvalue weighted by molar-refractivity contribution is 5.90. The number of urea groups is 2. The van der Waals surface area contributed by atoms with E-state index < -0.39 is 6.09 Å². The van der Waals surface area contributed by atoms with Gasteiger partial charge in [0.15, 0.2) is 11.9 Å². The van der Waals surface area contributed by atoms with E-state index in [9.17, 15) is 28.8 Å². The highest BCUT2D eigenvalue weighted by atomic mass is 16.6. The first-order valence-electron chi connectivity index (χ1n) is 26.2. The van der Waals surface area contributed by atoms with E-state index in [1.54, 1.807) is 48.8 Å². The lowest BCUT2D eigenvalue weighted by atomic mass is 9.96. The Hall–Kier alpha value is -7.99. The molecule has 25 heteroatoms. The summed E-state index contributed by atoms with van der Waals surface area (Å²) in [6.45, 7) is 8.63. The number of carbonyl (C=O) groups excluding carboxylic acids is 5. The number of rotatable bonds is 14. The number of ether oxygens (including phenoxy) is 2. The molecule has 1 aromatic heterocycles. The zero-order valence-electron chi connectivity index (χ0n) is 43.6. The van der Waals surface area contributed by atoms with Crippen LogP contribution in [0.25, 0.3) is 0 Å². The number of nitrogens with zero attached hydrogens (tertiary/aromatic N) is 8. The number of amides is 8. The summed E-state index contributed by atoms with van der Waals surface area (Å²) in [7, 11) is 0. The molecule has 3 aromatic rings. The number of piperazine rings is 3. The van der Waals surface area contributed by atoms with Gasteiger partial charge in [-0.25, -0.2) is 29.0 Å². The number of guanidine groups is 2. The van der Waals surface area contributed by atoms with Crippen molar-refractivity contribution in [2.75, 3.05) is 89.2 Å². The van der Waals surface area contributed by atoms with Crippen LogP contribution in [0.15, 0.2) is 61.1 Å². The minimum Gasteiger partial charge on any atom is -0.465 e. The summed E-state index contributed by atoms with van der Waals surface area (Å²) >= 11 is 0. The van der Waals surface area contributed by atoms with Crippen LogP contribution in [-0.2, 0) is 33.9 Å². The maximum Gasteiger partial charge on any atom is 0.410 e. The molecule has 0 atom stereocenters.